The van der Waals surface area contributed by atoms with Crippen LogP contribution in [0.25, 0.3) is 11.3 Å². The van der Waals surface area contributed by atoms with Crippen LogP contribution in [-0.4, -0.2) is 29.9 Å². The van der Waals surface area contributed by atoms with Crippen molar-refractivity contribution in [1.29, 1.82) is 0 Å². The molecule has 186 valence electrons. The summed E-state index contributed by atoms with van der Waals surface area (Å²) in [6.07, 6.45) is -3.83. The maximum Gasteiger partial charge on any atom is 0.416 e. The minimum Gasteiger partial charge on any atom is -0.493 e. The number of methoxy groups -OCH3 is 2. The van der Waals surface area contributed by atoms with Gasteiger partial charge < -0.3 is 15.2 Å². The highest BCUT2D eigenvalue weighted by Gasteiger charge is 2.31. The van der Waals surface area contributed by atoms with Gasteiger partial charge in [0, 0.05) is 31.3 Å². The molecule has 4 rings (SSSR count). The van der Waals surface area contributed by atoms with Crippen molar-refractivity contribution in [3.63, 3.8) is 0 Å². The highest BCUT2D eigenvalue weighted by Crippen LogP contribution is 2.38. The molecule has 0 saturated heterocycles. The fourth-order valence-electron chi connectivity index (χ4n) is 4.51. The first-order chi connectivity index (χ1) is 16.6. The van der Waals surface area contributed by atoms with Crippen LogP contribution in [0.2, 0.25) is 0 Å². The maximum absolute atomic E-state index is 13.5. The molecule has 0 bridgehead atoms. The predicted molar refractivity (Wildman–Crippen MR) is 126 cm³/mol. The summed E-state index contributed by atoms with van der Waals surface area (Å²) in [6, 6.07) is 7.62. The van der Waals surface area contributed by atoms with Crippen LogP contribution >= 0.6 is 0 Å². The van der Waals surface area contributed by atoms with E-state index in [-0.39, 0.29) is 18.8 Å². The first kappa shape index (κ1) is 24.6. The zero-order valence-corrected chi connectivity index (χ0v) is 20.0. The van der Waals surface area contributed by atoms with Crippen molar-refractivity contribution in [1.82, 2.24) is 9.13 Å². The molecule has 10 heteroatoms. The molecule has 0 fully saturated rings. The molecular weight excluding hydrogens is 461 g/mol. The van der Waals surface area contributed by atoms with E-state index in [1.807, 2.05) is 12.1 Å². The average molecular weight is 489 g/mol. The summed E-state index contributed by atoms with van der Waals surface area (Å²) in [5.41, 5.74) is 8.63. The minimum atomic E-state index is -4.46. The Morgan fingerprint density at radius 1 is 1.03 bits per heavy atom. The molecule has 0 amide bonds. The molecule has 1 aliphatic rings. The van der Waals surface area contributed by atoms with Crippen molar-refractivity contribution < 1.29 is 22.6 Å². The van der Waals surface area contributed by atoms with Gasteiger partial charge in [-0.1, -0.05) is 0 Å². The Morgan fingerprint density at radius 3 is 2.23 bits per heavy atom. The third-order valence-corrected chi connectivity index (χ3v) is 6.18. The van der Waals surface area contributed by atoms with Crippen molar-refractivity contribution in [2.75, 3.05) is 20.8 Å². The van der Waals surface area contributed by atoms with Crippen LogP contribution in [0.15, 0.2) is 40.1 Å². The van der Waals surface area contributed by atoms with E-state index in [4.69, 9.17) is 15.2 Å². The number of hydrogen-bond acceptors (Lipinski definition) is 5. The predicted octanol–water partition coefficient (Wildman–Crippen LogP) is 3.72. The van der Waals surface area contributed by atoms with Gasteiger partial charge in [0.05, 0.1) is 31.2 Å². The van der Waals surface area contributed by atoms with E-state index in [1.54, 1.807) is 31.6 Å². The molecule has 2 N–H and O–H groups in total. The summed E-state index contributed by atoms with van der Waals surface area (Å²) in [5.74, 6) is 1.12. The van der Waals surface area contributed by atoms with Gasteiger partial charge in [-0.15, -0.1) is 0 Å². The Labute approximate surface area is 200 Å². The lowest BCUT2D eigenvalue weighted by atomic mass is 9.97. The smallest absolute Gasteiger partial charge is 0.416 e. The Hall–Kier alpha value is -3.53. The zero-order valence-electron chi connectivity index (χ0n) is 20.0. The Kier molecular flexibility index (Phi) is 6.50. The van der Waals surface area contributed by atoms with E-state index in [0.717, 1.165) is 23.3 Å². The van der Waals surface area contributed by atoms with Crippen molar-refractivity contribution >= 4 is 5.69 Å². The Balaban J connectivity index is 2.00. The van der Waals surface area contributed by atoms with Gasteiger partial charge in [0.2, 0.25) is 0 Å². The summed E-state index contributed by atoms with van der Waals surface area (Å²) in [4.78, 5) is 18.1. The first-order valence-corrected chi connectivity index (χ1v) is 11.1. The van der Waals surface area contributed by atoms with Crippen molar-refractivity contribution in [3.8, 4) is 22.8 Å². The van der Waals surface area contributed by atoms with Gasteiger partial charge in [-0.25, -0.2) is 9.79 Å². The highest BCUT2D eigenvalue weighted by atomic mass is 19.4. The van der Waals surface area contributed by atoms with Gasteiger partial charge in [0.1, 0.15) is 5.49 Å². The quantitative estimate of drug-likeness (QED) is 0.594. The van der Waals surface area contributed by atoms with Gasteiger partial charge in [-0.2, -0.15) is 13.2 Å². The molecule has 35 heavy (non-hydrogen) atoms. The molecule has 0 atom stereocenters. The SMILES string of the molecule is COc1cc2c(cc1OC)-c1cc(=Nc3c(C)cc(C(F)(F)F)cc3C)n(CCN)c(=O)n1CC2. The maximum atomic E-state index is 13.5. The van der Waals surface area contributed by atoms with E-state index < -0.39 is 11.7 Å². The molecule has 7 nitrogen and oxygen atoms in total. The van der Waals surface area contributed by atoms with Crippen LogP contribution in [0.5, 0.6) is 11.5 Å². The highest BCUT2D eigenvalue weighted by molar-refractivity contribution is 5.70. The number of nitrogens with zero attached hydrogens (tertiary/aromatic N) is 3. The molecule has 1 aromatic heterocycles. The number of benzene rings is 2. The number of halogens is 3. The second kappa shape index (κ2) is 9.26. The number of fused-ring (bicyclic) bond motifs is 3. The van der Waals surface area contributed by atoms with Crippen LogP contribution < -0.4 is 26.4 Å². The van der Waals surface area contributed by atoms with Gasteiger partial charge >= 0.3 is 11.9 Å². The van der Waals surface area contributed by atoms with Gasteiger partial charge in [-0.05, 0) is 61.2 Å². The lowest BCUT2D eigenvalue weighted by molar-refractivity contribution is -0.137. The van der Waals surface area contributed by atoms with Gasteiger partial charge in [0.25, 0.3) is 0 Å². The van der Waals surface area contributed by atoms with Crippen molar-refractivity contribution in [2.45, 2.75) is 39.5 Å². The lowest BCUT2D eigenvalue weighted by Gasteiger charge is -2.24. The molecule has 1 aliphatic heterocycles. The lowest BCUT2D eigenvalue weighted by Crippen LogP contribution is -2.43. The number of hydrogen-bond donors (Lipinski definition) is 1. The number of alkyl halides is 3. The minimum absolute atomic E-state index is 0.203. The Morgan fingerprint density at radius 2 is 1.66 bits per heavy atom. The summed E-state index contributed by atoms with van der Waals surface area (Å²) in [6.45, 7) is 4.03. The molecule has 0 saturated carbocycles. The fourth-order valence-corrected chi connectivity index (χ4v) is 4.51. The van der Waals surface area contributed by atoms with Crippen LogP contribution in [0, 0.1) is 13.8 Å². The summed E-state index contributed by atoms with van der Waals surface area (Å²) >= 11 is 0. The number of aromatic nitrogens is 2. The second-order valence-corrected chi connectivity index (χ2v) is 8.44. The number of ether oxygens (including phenoxy) is 2. The zero-order chi connectivity index (χ0) is 25.5. The molecule has 0 unspecified atom stereocenters. The second-order valence-electron chi connectivity index (χ2n) is 8.44. The van der Waals surface area contributed by atoms with Crippen LogP contribution in [0.1, 0.15) is 22.3 Å². The topological polar surface area (TPSA) is 83.8 Å². The molecule has 2 heterocycles. The van der Waals surface area contributed by atoms with Crippen molar-refractivity contribution in [2.24, 2.45) is 10.7 Å². The standard InChI is InChI=1S/C25H27F3N4O3/c1-14-9-17(25(26,27)28)10-15(2)23(14)30-22-13-19-18-12-21(35-4)20(34-3)11-16(18)5-7-31(19)24(33)32(22)8-6-29/h9-13H,5-8,29H2,1-4H3. The van der Waals surface area contributed by atoms with E-state index in [1.165, 1.54) is 11.7 Å². The number of aryl methyl sites for hydroxylation is 3. The average Bonchev–Trinajstić information content (AvgIpc) is 2.81. The summed E-state index contributed by atoms with van der Waals surface area (Å²) in [7, 11) is 3.10. The summed E-state index contributed by atoms with van der Waals surface area (Å²) in [5, 5.41) is 0. The molecule has 3 aromatic rings. The normalized spacial score (nSPS) is 13.4. The van der Waals surface area contributed by atoms with Crippen molar-refractivity contribution in [3.05, 3.63) is 68.6 Å². The monoisotopic (exact) mass is 488 g/mol. The first-order valence-electron chi connectivity index (χ1n) is 11.1. The Bertz CT molecular complexity index is 1400. The molecular formula is C25H27F3N4O3. The third-order valence-electron chi connectivity index (χ3n) is 6.18. The largest absolute Gasteiger partial charge is 0.493 e. The molecule has 0 radical (unpaired) electrons. The molecule has 0 spiro atoms. The van der Waals surface area contributed by atoms with E-state index in [9.17, 15) is 18.0 Å². The van der Waals surface area contributed by atoms with E-state index >= 15 is 0 Å². The molecule has 0 aliphatic carbocycles. The molecule has 2 aromatic carbocycles. The van der Waals surface area contributed by atoms with Gasteiger partial charge in [-0.3, -0.25) is 9.13 Å². The van der Waals surface area contributed by atoms with Crippen LogP contribution in [0.3, 0.4) is 0 Å². The van der Waals surface area contributed by atoms with Gasteiger partial charge in [0.15, 0.2) is 11.5 Å². The van der Waals surface area contributed by atoms with Crippen LogP contribution in [0.4, 0.5) is 18.9 Å². The fraction of sp³-hybridized carbons (Fsp3) is 0.360. The third kappa shape index (κ3) is 4.45. The number of nitrogens with two attached hydrogens (primary N) is 1. The van der Waals surface area contributed by atoms with E-state index in [0.29, 0.717) is 52.5 Å². The van der Waals surface area contributed by atoms with Crippen LogP contribution in [-0.2, 0) is 25.7 Å². The summed E-state index contributed by atoms with van der Waals surface area (Å²) < 4.78 is 53.8. The van der Waals surface area contributed by atoms with E-state index in [2.05, 4.69) is 4.99 Å². The number of rotatable bonds is 5.